The molecule has 0 radical (unpaired) electrons. The lowest BCUT2D eigenvalue weighted by molar-refractivity contribution is 1.38. The van der Waals surface area contributed by atoms with Gasteiger partial charge >= 0.3 is 0 Å². The van der Waals surface area contributed by atoms with E-state index in [2.05, 4.69) is 16.0 Å². The Morgan fingerprint density at radius 1 is 1.12 bits per heavy atom. The van der Waals surface area contributed by atoms with Crippen molar-refractivity contribution in [3.63, 3.8) is 0 Å². The Morgan fingerprint density at radius 3 is 2.82 bits per heavy atom. The molecule has 0 fully saturated rings. The summed E-state index contributed by atoms with van der Waals surface area (Å²) in [5.41, 5.74) is 11.8. The lowest BCUT2D eigenvalue weighted by Crippen LogP contribution is -1.90. The maximum atomic E-state index is 5.82. The molecular weight excluding hydrogens is 210 g/mol. The molecule has 0 bridgehead atoms. The van der Waals surface area contributed by atoms with Crippen molar-refractivity contribution in [3.8, 4) is 11.3 Å². The minimum Gasteiger partial charge on any atom is -0.399 e. The van der Waals surface area contributed by atoms with Crippen molar-refractivity contribution in [2.75, 3.05) is 5.73 Å². The zero-order chi connectivity index (χ0) is 11.8. The molecule has 0 aliphatic heterocycles. The van der Waals surface area contributed by atoms with E-state index in [-0.39, 0.29) is 0 Å². The quantitative estimate of drug-likeness (QED) is 0.623. The number of hydrogen-bond donors (Lipinski definition) is 2. The predicted octanol–water partition coefficient (Wildman–Crippen LogP) is 3.12. The fraction of sp³-hybridized carbons (Fsp3) is 0.0714. The van der Waals surface area contributed by atoms with Gasteiger partial charge in [0, 0.05) is 17.4 Å². The van der Waals surface area contributed by atoms with E-state index in [1.807, 2.05) is 43.5 Å². The van der Waals surface area contributed by atoms with Crippen LogP contribution in [0.25, 0.3) is 22.3 Å². The third-order valence-electron chi connectivity index (χ3n) is 2.97. The molecule has 84 valence electrons. The van der Waals surface area contributed by atoms with E-state index in [1.165, 1.54) is 0 Å². The number of nitrogens with zero attached hydrogens (tertiary/aromatic N) is 1. The number of aromatic amines is 1. The summed E-state index contributed by atoms with van der Waals surface area (Å²) in [7, 11) is 0. The number of rotatable bonds is 1. The van der Waals surface area contributed by atoms with Crippen LogP contribution in [0.2, 0.25) is 0 Å². The summed E-state index contributed by atoms with van der Waals surface area (Å²) in [5, 5.41) is 0. The van der Waals surface area contributed by atoms with Gasteiger partial charge in [0.25, 0.3) is 0 Å². The van der Waals surface area contributed by atoms with Crippen LogP contribution in [0, 0.1) is 6.92 Å². The van der Waals surface area contributed by atoms with Crippen LogP contribution in [0.3, 0.4) is 0 Å². The van der Waals surface area contributed by atoms with Crippen molar-refractivity contribution in [2.24, 2.45) is 0 Å². The van der Waals surface area contributed by atoms with E-state index in [1.54, 1.807) is 0 Å². The monoisotopic (exact) mass is 223 g/mol. The van der Waals surface area contributed by atoms with Crippen molar-refractivity contribution in [2.45, 2.75) is 6.92 Å². The third-order valence-corrected chi connectivity index (χ3v) is 2.97. The average molecular weight is 223 g/mol. The van der Waals surface area contributed by atoms with Gasteiger partial charge in [0.15, 0.2) is 0 Å². The van der Waals surface area contributed by atoms with Gasteiger partial charge in [-0.15, -0.1) is 0 Å². The molecule has 17 heavy (non-hydrogen) atoms. The first kappa shape index (κ1) is 9.90. The summed E-state index contributed by atoms with van der Waals surface area (Å²) in [6.07, 6.45) is 1.90. The first-order valence-electron chi connectivity index (χ1n) is 5.55. The molecule has 0 unspecified atom stereocenters. The Hall–Kier alpha value is -2.29. The number of fused-ring (bicyclic) bond motifs is 1. The van der Waals surface area contributed by atoms with Gasteiger partial charge in [0.05, 0.1) is 16.7 Å². The highest BCUT2D eigenvalue weighted by Gasteiger charge is 2.03. The lowest BCUT2D eigenvalue weighted by Gasteiger charge is -2.04. The van der Waals surface area contributed by atoms with Crippen molar-refractivity contribution in [3.05, 3.63) is 48.2 Å². The molecule has 2 heterocycles. The Morgan fingerprint density at radius 2 is 2.00 bits per heavy atom. The van der Waals surface area contributed by atoms with Crippen LogP contribution < -0.4 is 5.73 Å². The molecule has 0 amide bonds. The van der Waals surface area contributed by atoms with Gasteiger partial charge in [0.2, 0.25) is 0 Å². The average Bonchev–Trinajstić information content (AvgIpc) is 2.79. The zero-order valence-electron chi connectivity index (χ0n) is 9.57. The smallest absolute Gasteiger partial charge is 0.0886 e. The molecule has 3 rings (SSSR count). The van der Waals surface area contributed by atoms with Crippen LogP contribution in [0.4, 0.5) is 5.69 Å². The van der Waals surface area contributed by atoms with Crippen molar-refractivity contribution in [1.29, 1.82) is 0 Å². The van der Waals surface area contributed by atoms with E-state index < -0.39 is 0 Å². The number of pyridine rings is 1. The van der Waals surface area contributed by atoms with Crippen LogP contribution in [-0.2, 0) is 0 Å². The van der Waals surface area contributed by atoms with Crippen molar-refractivity contribution < 1.29 is 0 Å². The second kappa shape index (κ2) is 3.63. The Bertz CT molecular complexity index is 683. The number of aryl methyl sites for hydroxylation is 1. The van der Waals surface area contributed by atoms with E-state index >= 15 is 0 Å². The fourth-order valence-electron chi connectivity index (χ4n) is 1.93. The van der Waals surface area contributed by atoms with Gasteiger partial charge in [-0.3, -0.25) is 0 Å². The molecule has 3 N–H and O–H groups in total. The van der Waals surface area contributed by atoms with E-state index in [0.29, 0.717) is 0 Å². The first-order valence-corrected chi connectivity index (χ1v) is 5.55. The molecule has 3 aromatic rings. The zero-order valence-corrected chi connectivity index (χ0v) is 9.57. The molecule has 0 aliphatic rings. The highest BCUT2D eigenvalue weighted by molar-refractivity contribution is 5.79. The number of nitrogen functional groups attached to an aromatic ring is 1. The molecule has 3 heteroatoms. The van der Waals surface area contributed by atoms with Gasteiger partial charge < -0.3 is 10.7 Å². The second-order valence-corrected chi connectivity index (χ2v) is 4.18. The largest absolute Gasteiger partial charge is 0.399 e. The highest BCUT2D eigenvalue weighted by Crippen LogP contribution is 2.23. The summed E-state index contributed by atoms with van der Waals surface area (Å²) >= 11 is 0. The summed E-state index contributed by atoms with van der Waals surface area (Å²) in [4.78, 5) is 7.74. The summed E-state index contributed by atoms with van der Waals surface area (Å²) in [6, 6.07) is 12.0. The number of H-pyrrole nitrogens is 1. The van der Waals surface area contributed by atoms with Crippen molar-refractivity contribution >= 4 is 16.7 Å². The molecule has 0 spiro atoms. The molecule has 1 aromatic carbocycles. The van der Waals surface area contributed by atoms with Gasteiger partial charge in [-0.2, -0.15) is 0 Å². The first-order chi connectivity index (χ1) is 8.24. The molecule has 0 aliphatic carbocycles. The van der Waals surface area contributed by atoms with Crippen LogP contribution >= 0.6 is 0 Å². The normalized spacial score (nSPS) is 10.9. The standard InChI is InChI=1S/C14H13N3/c1-9-8-10(2-3-11(9)15)12-4-5-13-14(17-12)6-7-16-13/h2-8,16H,15H2,1H3. The Kier molecular flexibility index (Phi) is 2.11. The topological polar surface area (TPSA) is 54.7 Å². The van der Waals surface area contributed by atoms with E-state index in [4.69, 9.17) is 5.73 Å². The number of benzene rings is 1. The number of anilines is 1. The molecule has 0 atom stereocenters. The summed E-state index contributed by atoms with van der Waals surface area (Å²) < 4.78 is 0. The minimum atomic E-state index is 0.816. The predicted molar refractivity (Wildman–Crippen MR) is 70.7 cm³/mol. The van der Waals surface area contributed by atoms with E-state index in [9.17, 15) is 0 Å². The Balaban J connectivity index is 2.16. The second-order valence-electron chi connectivity index (χ2n) is 4.18. The SMILES string of the molecule is Cc1cc(-c2ccc3[nH]ccc3n2)ccc1N. The fourth-order valence-corrected chi connectivity index (χ4v) is 1.93. The number of hydrogen-bond acceptors (Lipinski definition) is 2. The number of nitrogens with two attached hydrogens (primary N) is 1. The minimum absolute atomic E-state index is 0.816. The lowest BCUT2D eigenvalue weighted by atomic mass is 10.1. The molecule has 0 saturated carbocycles. The van der Waals surface area contributed by atoms with Crippen LogP contribution in [-0.4, -0.2) is 9.97 Å². The van der Waals surface area contributed by atoms with Crippen LogP contribution in [0.15, 0.2) is 42.6 Å². The highest BCUT2D eigenvalue weighted by atomic mass is 14.8. The molecular formula is C14H13N3. The van der Waals surface area contributed by atoms with E-state index in [0.717, 1.165) is 33.5 Å². The number of nitrogens with one attached hydrogen (secondary N) is 1. The van der Waals surface area contributed by atoms with Gasteiger partial charge in [-0.25, -0.2) is 4.98 Å². The maximum absolute atomic E-state index is 5.82. The molecule has 0 saturated heterocycles. The molecule has 3 nitrogen and oxygen atoms in total. The summed E-state index contributed by atoms with van der Waals surface area (Å²) in [6.45, 7) is 2.01. The van der Waals surface area contributed by atoms with Crippen LogP contribution in [0.1, 0.15) is 5.56 Å². The summed E-state index contributed by atoms with van der Waals surface area (Å²) in [5.74, 6) is 0. The molecule has 2 aromatic heterocycles. The van der Waals surface area contributed by atoms with Gasteiger partial charge in [-0.05, 0) is 42.8 Å². The number of aromatic nitrogens is 2. The van der Waals surface area contributed by atoms with Gasteiger partial charge in [0.1, 0.15) is 0 Å². The van der Waals surface area contributed by atoms with Crippen molar-refractivity contribution in [1.82, 2.24) is 9.97 Å². The Labute approximate surface area is 99.3 Å². The van der Waals surface area contributed by atoms with Gasteiger partial charge in [-0.1, -0.05) is 6.07 Å². The van der Waals surface area contributed by atoms with Crippen LogP contribution in [0.5, 0.6) is 0 Å². The maximum Gasteiger partial charge on any atom is 0.0886 e. The third kappa shape index (κ3) is 1.65.